The van der Waals surface area contributed by atoms with Crippen LogP contribution in [0.3, 0.4) is 0 Å². The number of ether oxygens (including phenoxy) is 2. The number of esters is 1. The third-order valence-electron chi connectivity index (χ3n) is 3.18. The molecule has 0 amide bonds. The molecule has 0 radical (unpaired) electrons. The lowest BCUT2D eigenvalue weighted by Crippen LogP contribution is -2.50. The summed E-state index contributed by atoms with van der Waals surface area (Å²) in [7, 11) is 1.25. The molecule has 1 saturated heterocycles. The molecular weight excluding hydrogens is 266 g/mol. The minimum absolute atomic E-state index is 0.0643. The Morgan fingerprint density at radius 3 is 2.55 bits per heavy atom. The molecule has 0 aliphatic carbocycles. The summed E-state index contributed by atoms with van der Waals surface area (Å²) >= 11 is 0. The average Bonchev–Trinajstić information content (AvgIpc) is 2.48. The van der Waals surface area contributed by atoms with Crippen molar-refractivity contribution in [3.63, 3.8) is 0 Å². The molecule has 2 heterocycles. The first-order chi connectivity index (χ1) is 9.57. The van der Waals surface area contributed by atoms with Crippen LogP contribution in [0.2, 0.25) is 0 Å². The molecule has 1 aromatic heterocycles. The maximum absolute atomic E-state index is 11.5. The van der Waals surface area contributed by atoms with Crippen molar-refractivity contribution in [2.24, 2.45) is 0 Å². The van der Waals surface area contributed by atoms with Crippen LogP contribution in [-0.4, -0.2) is 53.1 Å². The van der Waals surface area contributed by atoms with Crippen LogP contribution >= 0.6 is 0 Å². The number of carbonyl (C=O) groups excluding carboxylic acids is 1. The summed E-state index contributed by atoms with van der Waals surface area (Å²) in [6.07, 6.45) is 0.672. The molecule has 2 N–H and O–H groups in total. The molecule has 0 atom stereocenters. The molecule has 0 aromatic carbocycles. The highest BCUT2D eigenvalue weighted by atomic mass is 16.5. The van der Waals surface area contributed by atoms with Crippen LogP contribution in [0.15, 0.2) is 12.1 Å². The van der Waals surface area contributed by atoms with E-state index in [9.17, 15) is 14.7 Å². The first-order valence-electron chi connectivity index (χ1n) is 6.09. The summed E-state index contributed by atoms with van der Waals surface area (Å²) in [5.74, 6) is -1.26. The van der Waals surface area contributed by atoms with Gasteiger partial charge in [-0.25, -0.2) is 9.59 Å². The van der Waals surface area contributed by atoms with E-state index in [0.29, 0.717) is 31.9 Å². The summed E-state index contributed by atoms with van der Waals surface area (Å²) < 4.78 is 9.69. The number of hydrogen-bond donors (Lipinski definition) is 2. The lowest BCUT2D eigenvalue weighted by molar-refractivity contribution is -0.145. The van der Waals surface area contributed by atoms with Crippen molar-refractivity contribution in [3.8, 4) is 0 Å². The number of aromatic nitrogens is 2. The summed E-state index contributed by atoms with van der Waals surface area (Å²) in [6.45, 7) is 0.736. The number of carboxylic acids is 1. The van der Waals surface area contributed by atoms with E-state index in [-0.39, 0.29) is 5.69 Å². The zero-order valence-corrected chi connectivity index (χ0v) is 11.0. The van der Waals surface area contributed by atoms with Crippen molar-refractivity contribution < 1.29 is 24.2 Å². The number of carboxylic acid groups (broad SMARTS) is 1. The molecule has 1 aliphatic rings. The van der Waals surface area contributed by atoms with Crippen molar-refractivity contribution in [2.75, 3.05) is 25.6 Å². The van der Waals surface area contributed by atoms with Gasteiger partial charge in [0.1, 0.15) is 11.4 Å². The van der Waals surface area contributed by atoms with E-state index in [2.05, 4.69) is 20.3 Å². The molecular formula is C12H15N3O5. The van der Waals surface area contributed by atoms with Gasteiger partial charge in [-0.05, 0) is 12.1 Å². The highest BCUT2D eigenvalue weighted by molar-refractivity contribution is 5.87. The monoisotopic (exact) mass is 281 g/mol. The van der Waals surface area contributed by atoms with Gasteiger partial charge in [0, 0.05) is 26.1 Å². The standard InChI is InChI=1S/C12H15N3O5/c1-19-10(16)8-2-3-9(15-14-8)13-12(11(17)18)4-6-20-7-5-12/h2-3H,4-7H2,1H3,(H,13,15)(H,17,18). The fourth-order valence-electron chi connectivity index (χ4n) is 1.97. The third-order valence-corrected chi connectivity index (χ3v) is 3.18. The summed E-state index contributed by atoms with van der Waals surface area (Å²) in [4.78, 5) is 22.7. The molecule has 1 aliphatic heterocycles. The summed E-state index contributed by atoms with van der Waals surface area (Å²) in [5.41, 5.74) is -1.05. The van der Waals surface area contributed by atoms with E-state index < -0.39 is 17.5 Å². The van der Waals surface area contributed by atoms with Crippen LogP contribution in [-0.2, 0) is 14.3 Å². The largest absolute Gasteiger partial charge is 0.480 e. The van der Waals surface area contributed by atoms with Crippen molar-refractivity contribution in [3.05, 3.63) is 17.8 Å². The van der Waals surface area contributed by atoms with Gasteiger partial charge in [0.2, 0.25) is 0 Å². The molecule has 0 bridgehead atoms. The molecule has 1 aromatic rings. The van der Waals surface area contributed by atoms with Gasteiger partial charge in [-0.1, -0.05) is 0 Å². The summed E-state index contributed by atoms with van der Waals surface area (Å²) in [6, 6.07) is 2.93. The molecule has 2 rings (SSSR count). The molecule has 1 fully saturated rings. The third kappa shape index (κ3) is 2.85. The van der Waals surface area contributed by atoms with Gasteiger partial charge in [-0.2, -0.15) is 0 Å². The Morgan fingerprint density at radius 1 is 1.35 bits per heavy atom. The molecule has 8 nitrogen and oxygen atoms in total. The van der Waals surface area contributed by atoms with Gasteiger partial charge in [0.15, 0.2) is 5.69 Å². The van der Waals surface area contributed by atoms with E-state index in [1.54, 1.807) is 0 Å². The Hall–Kier alpha value is -2.22. The second-order valence-corrected chi connectivity index (χ2v) is 4.42. The van der Waals surface area contributed by atoms with E-state index in [0.717, 1.165) is 0 Å². The molecule has 0 spiro atoms. The number of nitrogens with one attached hydrogen (secondary N) is 1. The number of aliphatic carboxylic acids is 1. The van der Waals surface area contributed by atoms with Crippen LogP contribution in [0, 0.1) is 0 Å². The number of methoxy groups -OCH3 is 1. The second kappa shape index (κ2) is 5.83. The smallest absolute Gasteiger partial charge is 0.358 e. The SMILES string of the molecule is COC(=O)c1ccc(NC2(C(=O)O)CCOCC2)nn1. The molecule has 108 valence electrons. The quantitative estimate of drug-likeness (QED) is 0.758. The van der Waals surface area contributed by atoms with Crippen LogP contribution in [0.25, 0.3) is 0 Å². The number of nitrogens with zero attached hydrogens (tertiary/aromatic N) is 2. The fourth-order valence-corrected chi connectivity index (χ4v) is 1.97. The molecule has 20 heavy (non-hydrogen) atoms. The topological polar surface area (TPSA) is 111 Å². The lowest BCUT2D eigenvalue weighted by atomic mass is 9.90. The van der Waals surface area contributed by atoms with Crippen LogP contribution in [0.5, 0.6) is 0 Å². The van der Waals surface area contributed by atoms with Crippen LogP contribution < -0.4 is 5.32 Å². The van der Waals surface area contributed by atoms with Crippen LogP contribution in [0.1, 0.15) is 23.3 Å². The van der Waals surface area contributed by atoms with E-state index in [1.165, 1.54) is 19.2 Å². The molecule has 0 saturated carbocycles. The fraction of sp³-hybridized carbons (Fsp3) is 0.500. The second-order valence-electron chi connectivity index (χ2n) is 4.42. The van der Waals surface area contributed by atoms with E-state index in [4.69, 9.17) is 4.74 Å². The lowest BCUT2D eigenvalue weighted by Gasteiger charge is -2.34. The molecule has 8 heteroatoms. The van der Waals surface area contributed by atoms with Gasteiger partial charge in [-0.15, -0.1) is 10.2 Å². The van der Waals surface area contributed by atoms with Crippen molar-refractivity contribution in [1.82, 2.24) is 10.2 Å². The zero-order chi connectivity index (χ0) is 14.6. The minimum atomic E-state index is -1.11. The van der Waals surface area contributed by atoms with Crippen LogP contribution in [0.4, 0.5) is 5.82 Å². The highest BCUT2D eigenvalue weighted by Gasteiger charge is 2.40. The van der Waals surface area contributed by atoms with Crippen molar-refractivity contribution in [1.29, 1.82) is 0 Å². The Balaban J connectivity index is 2.15. The van der Waals surface area contributed by atoms with Gasteiger partial charge < -0.3 is 19.9 Å². The number of hydrogen-bond acceptors (Lipinski definition) is 7. The maximum Gasteiger partial charge on any atom is 0.358 e. The van der Waals surface area contributed by atoms with Gasteiger partial charge in [0.05, 0.1) is 7.11 Å². The predicted octanol–water partition coefficient (Wildman–Crippen LogP) is 0.309. The predicted molar refractivity (Wildman–Crippen MR) is 67.4 cm³/mol. The first kappa shape index (κ1) is 14.2. The van der Waals surface area contributed by atoms with Gasteiger partial charge >= 0.3 is 11.9 Å². The van der Waals surface area contributed by atoms with E-state index in [1.807, 2.05) is 0 Å². The number of carbonyl (C=O) groups is 2. The van der Waals surface area contributed by atoms with Gasteiger partial charge in [-0.3, -0.25) is 0 Å². The Bertz CT molecular complexity index is 496. The van der Waals surface area contributed by atoms with Crippen molar-refractivity contribution in [2.45, 2.75) is 18.4 Å². The Labute approximate surface area is 115 Å². The minimum Gasteiger partial charge on any atom is -0.480 e. The average molecular weight is 281 g/mol. The first-order valence-corrected chi connectivity index (χ1v) is 6.09. The number of anilines is 1. The Morgan fingerprint density at radius 2 is 2.05 bits per heavy atom. The van der Waals surface area contributed by atoms with Crippen molar-refractivity contribution >= 4 is 17.8 Å². The maximum atomic E-state index is 11.5. The normalized spacial score (nSPS) is 17.2. The number of rotatable bonds is 4. The summed E-state index contributed by atoms with van der Waals surface area (Å²) in [5, 5.41) is 19.8. The Kier molecular flexibility index (Phi) is 4.14. The highest BCUT2D eigenvalue weighted by Crippen LogP contribution is 2.25. The van der Waals surface area contributed by atoms with Gasteiger partial charge in [0.25, 0.3) is 0 Å². The zero-order valence-electron chi connectivity index (χ0n) is 11.0. The van der Waals surface area contributed by atoms with E-state index >= 15 is 0 Å². The molecule has 0 unspecified atom stereocenters.